The molecule has 4 heteroatoms. The van der Waals surface area contributed by atoms with Gasteiger partial charge in [-0.25, -0.2) is 4.98 Å². The quantitative estimate of drug-likeness (QED) is 0.777. The topological polar surface area (TPSA) is 34.9 Å². The maximum absolute atomic E-state index is 10.8. The average molecular weight is 261 g/mol. The number of hydrogen-bond acceptors (Lipinski definition) is 2. The first-order valence-corrected chi connectivity index (χ1v) is 6.47. The molecule has 0 radical (unpaired) electrons. The van der Waals surface area contributed by atoms with Crippen LogP contribution < -0.4 is 0 Å². The third kappa shape index (κ3) is 1.85. The smallest absolute Gasteiger partial charge is 0.151 e. The number of halogens is 1. The number of aromatic nitrogens is 2. The summed E-state index contributed by atoms with van der Waals surface area (Å²) < 4.78 is 2.08. The number of benzene rings is 1. The van der Waals surface area contributed by atoms with E-state index in [9.17, 15) is 4.79 Å². The van der Waals surface area contributed by atoms with Crippen LogP contribution in [-0.2, 0) is 12.8 Å². The van der Waals surface area contributed by atoms with Crippen LogP contribution >= 0.6 is 11.6 Å². The van der Waals surface area contributed by atoms with E-state index in [1.165, 1.54) is 24.2 Å². The summed E-state index contributed by atoms with van der Waals surface area (Å²) in [5, 5.41) is 0.487. The van der Waals surface area contributed by atoms with Crippen LogP contribution in [-0.4, -0.2) is 15.8 Å². The Labute approximate surface area is 110 Å². The second-order valence-corrected chi connectivity index (χ2v) is 4.95. The average Bonchev–Trinajstić information content (AvgIpc) is 2.82. The zero-order valence-electron chi connectivity index (χ0n) is 9.90. The molecular formula is C14H13ClN2O. The second-order valence-electron chi connectivity index (χ2n) is 4.54. The van der Waals surface area contributed by atoms with Crippen molar-refractivity contribution in [1.82, 2.24) is 9.55 Å². The summed E-state index contributed by atoms with van der Waals surface area (Å²) in [5.74, 6) is 0. The van der Waals surface area contributed by atoms with E-state index in [0.29, 0.717) is 10.6 Å². The van der Waals surface area contributed by atoms with Gasteiger partial charge in [-0.1, -0.05) is 11.6 Å². The summed E-state index contributed by atoms with van der Waals surface area (Å²) in [7, 11) is 0. The maximum Gasteiger partial charge on any atom is 0.151 e. The van der Waals surface area contributed by atoms with Crippen LogP contribution in [0.2, 0.25) is 5.02 Å². The Morgan fingerprint density at radius 2 is 2.11 bits per heavy atom. The lowest BCUT2D eigenvalue weighted by Gasteiger charge is -2.14. The molecule has 0 amide bonds. The van der Waals surface area contributed by atoms with E-state index in [0.717, 1.165) is 24.8 Å². The minimum Gasteiger partial charge on any atom is -0.303 e. The molecule has 1 aliphatic carbocycles. The Bertz CT molecular complexity index is 604. The molecule has 1 aromatic carbocycles. The second kappa shape index (κ2) is 4.58. The molecule has 0 unspecified atom stereocenters. The van der Waals surface area contributed by atoms with Crippen LogP contribution in [0.4, 0.5) is 0 Å². The van der Waals surface area contributed by atoms with Gasteiger partial charge in [-0.2, -0.15) is 0 Å². The Balaban J connectivity index is 2.07. The Hall–Kier alpha value is -1.61. The lowest BCUT2D eigenvalue weighted by Crippen LogP contribution is -2.06. The van der Waals surface area contributed by atoms with Gasteiger partial charge in [0.05, 0.1) is 17.0 Å². The first-order chi connectivity index (χ1) is 8.79. The van der Waals surface area contributed by atoms with Crippen molar-refractivity contribution in [1.29, 1.82) is 0 Å². The summed E-state index contributed by atoms with van der Waals surface area (Å²) in [4.78, 5) is 15.2. The number of imidazole rings is 1. The van der Waals surface area contributed by atoms with Gasteiger partial charge >= 0.3 is 0 Å². The zero-order valence-corrected chi connectivity index (χ0v) is 10.7. The van der Waals surface area contributed by atoms with Crippen LogP contribution in [0.1, 0.15) is 34.6 Å². The van der Waals surface area contributed by atoms with Crippen LogP contribution in [0, 0.1) is 0 Å². The molecule has 0 bridgehead atoms. The number of rotatable bonds is 2. The van der Waals surface area contributed by atoms with Gasteiger partial charge in [-0.15, -0.1) is 0 Å². The van der Waals surface area contributed by atoms with Gasteiger partial charge in [0.15, 0.2) is 6.29 Å². The Morgan fingerprint density at radius 1 is 1.28 bits per heavy atom. The summed E-state index contributed by atoms with van der Waals surface area (Å²) in [6.07, 6.45) is 7.16. The molecule has 0 spiro atoms. The Kier molecular flexibility index (Phi) is 2.92. The number of nitrogens with zero attached hydrogens (tertiary/aromatic N) is 2. The minimum absolute atomic E-state index is 0.487. The molecule has 18 heavy (non-hydrogen) atoms. The molecule has 3 rings (SSSR count). The van der Waals surface area contributed by atoms with Crippen LogP contribution in [0.5, 0.6) is 0 Å². The van der Waals surface area contributed by atoms with Gasteiger partial charge in [0, 0.05) is 16.9 Å². The van der Waals surface area contributed by atoms with Gasteiger partial charge in [-0.3, -0.25) is 4.79 Å². The number of hydrogen-bond donors (Lipinski definition) is 0. The molecular weight excluding hydrogens is 248 g/mol. The lowest BCUT2D eigenvalue weighted by atomic mass is 10.0. The molecule has 2 aromatic rings. The van der Waals surface area contributed by atoms with Gasteiger partial charge < -0.3 is 4.57 Å². The van der Waals surface area contributed by atoms with Gasteiger partial charge in [0.2, 0.25) is 0 Å². The zero-order chi connectivity index (χ0) is 12.5. The van der Waals surface area contributed by atoms with Crippen molar-refractivity contribution in [3.63, 3.8) is 0 Å². The van der Waals surface area contributed by atoms with Crippen molar-refractivity contribution >= 4 is 17.9 Å². The fourth-order valence-electron chi connectivity index (χ4n) is 2.45. The van der Waals surface area contributed by atoms with Gasteiger partial charge in [0.1, 0.15) is 0 Å². The fraction of sp³-hybridized carbons (Fsp3) is 0.286. The van der Waals surface area contributed by atoms with Gasteiger partial charge in [-0.05, 0) is 43.9 Å². The molecule has 0 saturated carbocycles. The van der Waals surface area contributed by atoms with Crippen molar-refractivity contribution in [2.45, 2.75) is 25.7 Å². The first-order valence-electron chi connectivity index (χ1n) is 6.10. The SMILES string of the molecule is O=Cc1ccc(-n2cnc3c2CCCC3)cc1Cl. The number of aryl methyl sites for hydroxylation is 1. The van der Waals surface area contributed by atoms with Crippen molar-refractivity contribution in [3.8, 4) is 5.69 Å². The number of aldehydes is 1. The van der Waals surface area contributed by atoms with E-state index in [1.54, 1.807) is 6.07 Å². The highest BCUT2D eigenvalue weighted by Crippen LogP contribution is 2.25. The van der Waals surface area contributed by atoms with Crippen molar-refractivity contribution < 1.29 is 4.79 Å². The highest BCUT2D eigenvalue weighted by molar-refractivity contribution is 6.33. The van der Waals surface area contributed by atoms with Gasteiger partial charge in [0.25, 0.3) is 0 Å². The van der Waals surface area contributed by atoms with Crippen molar-refractivity contribution in [2.75, 3.05) is 0 Å². The molecule has 0 saturated heterocycles. The van der Waals surface area contributed by atoms with Crippen LogP contribution in [0.3, 0.4) is 0 Å². The van der Waals surface area contributed by atoms with E-state index in [2.05, 4.69) is 9.55 Å². The molecule has 0 fully saturated rings. The maximum atomic E-state index is 10.8. The van der Waals surface area contributed by atoms with Crippen LogP contribution in [0.25, 0.3) is 5.69 Å². The molecule has 92 valence electrons. The molecule has 3 nitrogen and oxygen atoms in total. The lowest BCUT2D eigenvalue weighted by molar-refractivity contribution is 0.112. The van der Waals surface area contributed by atoms with Crippen LogP contribution in [0.15, 0.2) is 24.5 Å². The number of carbonyl (C=O) groups is 1. The fourth-order valence-corrected chi connectivity index (χ4v) is 2.67. The number of carbonyl (C=O) groups excluding carboxylic acids is 1. The summed E-state index contributed by atoms with van der Waals surface area (Å²) in [6.45, 7) is 0. The normalized spacial score (nSPS) is 14.3. The van der Waals surface area contributed by atoms with E-state index in [4.69, 9.17) is 11.6 Å². The highest BCUT2D eigenvalue weighted by atomic mass is 35.5. The largest absolute Gasteiger partial charge is 0.303 e. The molecule has 1 aromatic heterocycles. The van der Waals surface area contributed by atoms with Crippen molar-refractivity contribution in [2.24, 2.45) is 0 Å². The van der Waals surface area contributed by atoms with Crippen molar-refractivity contribution in [3.05, 3.63) is 46.5 Å². The molecule has 1 heterocycles. The third-order valence-corrected chi connectivity index (χ3v) is 3.75. The predicted molar refractivity (Wildman–Crippen MR) is 70.6 cm³/mol. The first kappa shape index (κ1) is 11.5. The molecule has 1 aliphatic rings. The molecule has 0 aliphatic heterocycles. The summed E-state index contributed by atoms with van der Waals surface area (Å²) in [5.41, 5.74) is 3.96. The summed E-state index contributed by atoms with van der Waals surface area (Å²) >= 11 is 6.06. The van der Waals surface area contributed by atoms with E-state index in [-0.39, 0.29) is 0 Å². The minimum atomic E-state index is 0.487. The third-order valence-electron chi connectivity index (χ3n) is 3.42. The highest BCUT2D eigenvalue weighted by Gasteiger charge is 2.16. The van der Waals surface area contributed by atoms with E-state index < -0.39 is 0 Å². The molecule has 0 N–H and O–H groups in total. The standard InChI is InChI=1S/C14H13ClN2O/c15-12-7-11(6-5-10(12)8-18)17-9-16-13-3-1-2-4-14(13)17/h5-9H,1-4H2. The summed E-state index contributed by atoms with van der Waals surface area (Å²) in [6, 6.07) is 5.48. The van der Waals surface area contributed by atoms with E-state index in [1.807, 2.05) is 18.5 Å². The molecule has 0 atom stereocenters. The predicted octanol–water partition coefficient (Wildman–Crippen LogP) is 3.22. The Morgan fingerprint density at radius 3 is 2.89 bits per heavy atom. The number of fused-ring (bicyclic) bond motifs is 1. The van der Waals surface area contributed by atoms with E-state index >= 15 is 0 Å². The monoisotopic (exact) mass is 260 g/mol.